The van der Waals surface area contributed by atoms with Crippen LogP contribution >= 0.6 is 0 Å². The van der Waals surface area contributed by atoms with Gasteiger partial charge in [0, 0.05) is 106 Å². The molecule has 0 spiro atoms. The molecule has 2 unspecified atom stereocenters. The summed E-state index contributed by atoms with van der Waals surface area (Å²) in [6, 6.07) is 0. The van der Waals surface area contributed by atoms with E-state index >= 15 is 0 Å². The Hall–Kier alpha value is -0.520. The van der Waals surface area contributed by atoms with Crippen molar-refractivity contribution >= 4 is 0 Å². The van der Waals surface area contributed by atoms with E-state index in [-0.39, 0.29) is 12.2 Å². The molecule has 0 aliphatic rings. The van der Waals surface area contributed by atoms with Crippen molar-refractivity contribution in [3.05, 3.63) is 0 Å². The summed E-state index contributed by atoms with van der Waals surface area (Å²) in [6.45, 7) is 66.9. The minimum absolute atomic E-state index is 0.174. The predicted octanol–water partition coefficient (Wildman–Crippen LogP) is 18.2. The van der Waals surface area contributed by atoms with E-state index in [1.807, 2.05) is 6.92 Å². The van der Waals surface area contributed by atoms with Crippen LogP contribution in [0.1, 0.15) is 255 Å². The van der Waals surface area contributed by atoms with E-state index in [1.54, 1.807) is 0 Å². The van der Waals surface area contributed by atoms with Crippen LogP contribution < -0.4 is 0 Å². The molecule has 13 nitrogen and oxygen atoms in total. The van der Waals surface area contributed by atoms with Gasteiger partial charge >= 0.3 is 0 Å². The van der Waals surface area contributed by atoms with E-state index < -0.39 is 0 Å². The van der Waals surface area contributed by atoms with Crippen LogP contribution in [0, 0.1) is 35.5 Å². The van der Waals surface area contributed by atoms with Crippen molar-refractivity contribution < 1.29 is 61.6 Å². The number of unbranched alkanes of at least 4 members (excludes halogenated alkanes) is 7. The third-order valence-electron chi connectivity index (χ3n) is 10.3. The molecule has 2 atom stereocenters. The molecule has 13 heteroatoms. The second-order valence-corrected chi connectivity index (χ2v) is 24.0. The lowest BCUT2D eigenvalue weighted by Crippen LogP contribution is -2.20. The molecule has 0 aromatic rings. The molecule has 83 heavy (non-hydrogen) atoms. The van der Waals surface area contributed by atoms with Crippen molar-refractivity contribution in [3.8, 4) is 0 Å². The molecule has 0 heterocycles. The van der Waals surface area contributed by atoms with Crippen LogP contribution in [0.5, 0.6) is 0 Å². The molecule has 0 bridgehead atoms. The van der Waals surface area contributed by atoms with Crippen LogP contribution in [0.25, 0.3) is 0 Å². The second kappa shape index (κ2) is 90.2. The first-order valence-electron chi connectivity index (χ1n) is 34.4. The molecule has 0 saturated heterocycles. The fourth-order valence-electron chi connectivity index (χ4n) is 5.84. The summed E-state index contributed by atoms with van der Waals surface area (Å²) in [7, 11) is 0. The summed E-state index contributed by atoms with van der Waals surface area (Å²) >= 11 is 0. The fraction of sp³-hybridized carbons (Fsp3) is 1.00. The summed E-state index contributed by atoms with van der Waals surface area (Å²) in [5.74, 6) is 3.73. The summed E-state index contributed by atoms with van der Waals surface area (Å²) in [6.07, 6.45) is 19.4. The lowest BCUT2D eigenvalue weighted by molar-refractivity contribution is -0.0320. The molecule has 0 aliphatic heterocycles. The Morgan fingerprint density at radius 2 is 0.373 bits per heavy atom. The highest BCUT2D eigenvalue weighted by Gasteiger charge is 2.05. The van der Waals surface area contributed by atoms with Crippen molar-refractivity contribution in [1.29, 1.82) is 0 Å². The molecule has 512 valence electrons. The summed E-state index contributed by atoms with van der Waals surface area (Å²) in [4.78, 5) is 0. The van der Waals surface area contributed by atoms with Gasteiger partial charge in [-0.3, -0.25) is 0 Å². The third kappa shape index (κ3) is 128. The van der Waals surface area contributed by atoms with Crippen LogP contribution in [0.15, 0.2) is 0 Å². The van der Waals surface area contributed by atoms with E-state index in [9.17, 15) is 0 Å². The molecule has 0 amide bonds. The molecule has 0 saturated carbocycles. The molecule has 0 rings (SSSR count). The summed E-state index contributed by atoms with van der Waals surface area (Å²) < 4.78 is 70.2. The molecule has 0 aliphatic carbocycles. The minimum Gasteiger partial charge on any atom is -0.381 e. The Labute approximate surface area is 520 Å². The van der Waals surface area contributed by atoms with Crippen LogP contribution in [-0.4, -0.2) is 171 Å². The van der Waals surface area contributed by atoms with E-state index in [2.05, 4.69) is 145 Å². The fourth-order valence-corrected chi connectivity index (χ4v) is 5.84. The smallest absolute Gasteiger partial charge is 0.0780 e. The Kier molecular flexibility index (Phi) is 104. The van der Waals surface area contributed by atoms with Gasteiger partial charge in [-0.15, -0.1) is 0 Å². The minimum atomic E-state index is 0.174. The maximum absolute atomic E-state index is 5.63. The first kappa shape index (κ1) is 96.1. The van der Waals surface area contributed by atoms with Gasteiger partial charge < -0.3 is 61.6 Å². The van der Waals surface area contributed by atoms with Gasteiger partial charge in [-0.05, 0) is 114 Å². The van der Waals surface area contributed by atoms with E-state index in [0.717, 1.165) is 184 Å². The third-order valence-corrected chi connectivity index (χ3v) is 10.3. The molecule has 0 N–H and O–H groups in total. The number of ether oxygens (including phenoxy) is 13. The Morgan fingerprint density at radius 3 is 0.675 bits per heavy atom. The van der Waals surface area contributed by atoms with Crippen LogP contribution in [0.2, 0.25) is 0 Å². The SMILES string of the molecule is CC(C)COCC(C)C.CC(C)COCCCCOCC(C)OCC(C)C.CC(C)COCCOCC(C)OCC(C)C.CCCCCOCCCCC.CCCCOCCOCCCC.CCCOCCC.CCCOCCOCCC. The molecule has 0 aromatic carbocycles. The molecule has 0 fully saturated rings. The van der Waals surface area contributed by atoms with Gasteiger partial charge in [0.15, 0.2) is 0 Å². The van der Waals surface area contributed by atoms with Crippen LogP contribution in [0.3, 0.4) is 0 Å². The first-order chi connectivity index (χ1) is 39.8. The topological polar surface area (TPSA) is 120 Å². The maximum atomic E-state index is 5.63. The molecule has 0 aromatic heterocycles. The van der Waals surface area contributed by atoms with Crippen molar-refractivity contribution in [2.24, 2.45) is 35.5 Å². The maximum Gasteiger partial charge on any atom is 0.0780 e. The molecular weight excluding hydrogens is 1050 g/mol. The van der Waals surface area contributed by atoms with Crippen molar-refractivity contribution in [1.82, 2.24) is 0 Å². The highest BCUT2D eigenvalue weighted by atomic mass is 16.6. The zero-order valence-corrected chi connectivity index (χ0v) is 60.2. The van der Waals surface area contributed by atoms with Gasteiger partial charge in [0.05, 0.1) is 65.1 Å². The molecular formula is C70H154O13. The average molecular weight is 1200 g/mol. The Balaban J connectivity index is -0.000000166. The lowest BCUT2D eigenvalue weighted by atomic mass is 10.2. The monoisotopic (exact) mass is 1200 g/mol. The number of hydrogen-bond donors (Lipinski definition) is 0. The van der Waals surface area contributed by atoms with Crippen LogP contribution in [-0.2, 0) is 61.6 Å². The number of hydrogen-bond acceptors (Lipinski definition) is 13. The Bertz CT molecular complexity index is 967. The quantitative estimate of drug-likeness (QED) is 0.0538. The number of rotatable bonds is 54. The predicted molar refractivity (Wildman–Crippen MR) is 358 cm³/mol. The van der Waals surface area contributed by atoms with Gasteiger partial charge in [0.1, 0.15) is 0 Å². The zero-order valence-electron chi connectivity index (χ0n) is 60.2. The van der Waals surface area contributed by atoms with E-state index in [0.29, 0.717) is 61.9 Å². The van der Waals surface area contributed by atoms with Crippen molar-refractivity contribution in [2.45, 2.75) is 267 Å². The average Bonchev–Trinajstić information content (AvgIpc) is 3.44. The second-order valence-electron chi connectivity index (χ2n) is 24.0. The van der Waals surface area contributed by atoms with E-state index in [4.69, 9.17) is 61.6 Å². The highest BCUT2D eigenvalue weighted by Crippen LogP contribution is 2.03. The van der Waals surface area contributed by atoms with Gasteiger partial charge in [0.2, 0.25) is 0 Å². The van der Waals surface area contributed by atoms with Gasteiger partial charge in [0.25, 0.3) is 0 Å². The summed E-state index contributed by atoms with van der Waals surface area (Å²) in [5.41, 5.74) is 0. The first-order valence-corrected chi connectivity index (χ1v) is 34.4. The highest BCUT2D eigenvalue weighted by molar-refractivity contribution is 4.52. The van der Waals surface area contributed by atoms with Crippen LogP contribution in [0.4, 0.5) is 0 Å². The normalized spacial score (nSPS) is 11.7. The van der Waals surface area contributed by atoms with Crippen molar-refractivity contribution in [2.75, 3.05) is 159 Å². The lowest BCUT2D eigenvalue weighted by Gasteiger charge is -2.15. The molecule has 0 radical (unpaired) electrons. The zero-order chi connectivity index (χ0) is 64.1. The van der Waals surface area contributed by atoms with Gasteiger partial charge in [-0.25, -0.2) is 0 Å². The van der Waals surface area contributed by atoms with Gasteiger partial charge in [-0.1, -0.05) is 177 Å². The summed E-state index contributed by atoms with van der Waals surface area (Å²) in [5, 5.41) is 0. The van der Waals surface area contributed by atoms with E-state index in [1.165, 1.54) is 51.4 Å². The van der Waals surface area contributed by atoms with Crippen molar-refractivity contribution in [3.63, 3.8) is 0 Å². The Morgan fingerprint density at radius 1 is 0.169 bits per heavy atom. The standard InChI is InChI=1S/C15H32O3.C13H28O3.C10H22O2.C10H22O.C8H18O2.C8H18O.C6H14O/c1-13(2)10-16-8-6-7-9-17-12-15(5)18-11-14(3)4;1-11(2)8-14-6-7-15-10-13(5)16-9-12(3)4;1-3-5-7-11-9-10-12-8-6-4-2;1-3-5-7-9-11-10-8-6-4-2;1-3-5-9-7-8-10-6-4-2;1-7(2)5-9-6-8(3)4;1-3-5-7-6-4-2/h13-15H,6-12H2,1-5H3;11-13H,6-10H2,1-5H3;3-10H2,1-2H3;3-10H2,1-2H3;3-8H2,1-2H3;7-8H,5-6H2,1-4H3;3-6H2,1-2H3. The van der Waals surface area contributed by atoms with Gasteiger partial charge in [-0.2, -0.15) is 0 Å². The largest absolute Gasteiger partial charge is 0.381 e.